The lowest BCUT2D eigenvalue weighted by Gasteiger charge is -2.20. The number of likely N-dealkylation sites (tertiary alicyclic amines) is 1. The van der Waals surface area contributed by atoms with Crippen LogP contribution in [0.2, 0.25) is 0 Å². The van der Waals surface area contributed by atoms with Gasteiger partial charge in [-0.3, -0.25) is 9.69 Å². The summed E-state index contributed by atoms with van der Waals surface area (Å²) in [6, 6.07) is 4.87. The van der Waals surface area contributed by atoms with Gasteiger partial charge in [-0.1, -0.05) is 22.0 Å². The van der Waals surface area contributed by atoms with Crippen molar-refractivity contribution in [3.8, 4) is 0 Å². The average Bonchev–Trinajstić information content (AvgIpc) is 2.67. The molecule has 1 unspecified atom stereocenters. The van der Waals surface area contributed by atoms with Crippen molar-refractivity contribution >= 4 is 21.9 Å². The molecule has 0 bridgehead atoms. The van der Waals surface area contributed by atoms with Crippen LogP contribution in [0, 0.1) is 11.2 Å². The topological polar surface area (TPSA) is 40.5 Å². The summed E-state index contributed by atoms with van der Waals surface area (Å²) in [5, 5.41) is 9.16. The standard InChI is InChI=1S/C13H15BrFNO2/c1-13(12(17)18)5-6-16(8-13)7-9-10(14)3-2-4-11(9)15/h2-4H,5-8H2,1H3,(H,17,18). The van der Waals surface area contributed by atoms with E-state index < -0.39 is 11.4 Å². The predicted octanol–water partition coefficient (Wildman–Crippen LogP) is 2.88. The van der Waals surface area contributed by atoms with E-state index in [0.29, 0.717) is 31.6 Å². The summed E-state index contributed by atoms with van der Waals surface area (Å²) >= 11 is 3.33. The van der Waals surface area contributed by atoms with Crippen molar-refractivity contribution in [1.29, 1.82) is 0 Å². The Balaban J connectivity index is 2.11. The third-order valence-electron chi connectivity index (χ3n) is 3.51. The van der Waals surface area contributed by atoms with Crippen LogP contribution < -0.4 is 0 Å². The summed E-state index contributed by atoms with van der Waals surface area (Å²) in [5.74, 6) is -1.04. The van der Waals surface area contributed by atoms with Gasteiger partial charge in [0, 0.05) is 23.1 Å². The summed E-state index contributed by atoms with van der Waals surface area (Å²) in [5.41, 5.74) is -0.121. The van der Waals surface area contributed by atoms with Gasteiger partial charge < -0.3 is 5.11 Å². The van der Waals surface area contributed by atoms with Gasteiger partial charge in [-0.15, -0.1) is 0 Å². The minimum absolute atomic E-state index is 0.256. The van der Waals surface area contributed by atoms with Crippen LogP contribution in [0.25, 0.3) is 0 Å². The van der Waals surface area contributed by atoms with Gasteiger partial charge in [0.25, 0.3) is 0 Å². The molecule has 1 saturated heterocycles. The molecular formula is C13H15BrFNO2. The van der Waals surface area contributed by atoms with Gasteiger partial charge in [-0.2, -0.15) is 0 Å². The molecule has 1 aromatic rings. The highest BCUT2D eigenvalue weighted by atomic mass is 79.9. The Hall–Kier alpha value is -0.940. The maximum Gasteiger partial charge on any atom is 0.310 e. The first-order valence-corrected chi connectivity index (χ1v) is 6.60. The van der Waals surface area contributed by atoms with Crippen molar-refractivity contribution in [3.05, 3.63) is 34.1 Å². The van der Waals surface area contributed by atoms with E-state index in [0.717, 1.165) is 4.47 Å². The Morgan fingerprint density at radius 1 is 1.61 bits per heavy atom. The average molecular weight is 316 g/mol. The van der Waals surface area contributed by atoms with Crippen molar-refractivity contribution in [2.24, 2.45) is 5.41 Å². The minimum Gasteiger partial charge on any atom is -0.481 e. The minimum atomic E-state index is -0.780. The lowest BCUT2D eigenvalue weighted by atomic mass is 9.90. The van der Waals surface area contributed by atoms with Crippen LogP contribution in [0.4, 0.5) is 4.39 Å². The molecule has 0 aliphatic carbocycles. The molecule has 0 amide bonds. The Bertz CT molecular complexity index is 460. The molecule has 1 aliphatic heterocycles. The van der Waals surface area contributed by atoms with E-state index >= 15 is 0 Å². The van der Waals surface area contributed by atoms with Crippen LogP contribution in [-0.4, -0.2) is 29.1 Å². The number of halogens is 2. The zero-order valence-electron chi connectivity index (χ0n) is 10.1. The normalized spacial score (nSPS) is 24.4. The molecule has 3 nitrogen and oxygen atoms in total. The number of carboxylic acids is 1. The van der Waals surface area contributed by atoms with E-state index in [-0.39, 0.29) is 5.82 Å². The summed E-state index contributed by atoms with van der Waals surface area (Å²) < 4.78 is 14.4. The fourth-order valence-corrected chi connectivity index (χ4v) is 2.74. The molecule has 18 heavy (non-hydrogen) atoms. The summed E-state index contributed by atoms with van der Waals surface area (Å²) in [6.07, 6.45) is 0.606. The van der Waals surface area contributed by atoms with Crippen LogP contribution in [-0.2, 0) is 11.3 Å². The van der Waals surface area contributed by atoms with E-state index in [4.69, 9.17) is 5.11 Å². The van der Waals surface area contributed by atoms with E-state index in [2.05, 4.69) is 15.9 Å². The van der Waals surface area contributed by atoms with Crippen LogP contribution in [0.5, 0.6) is 0 Å². The van der Waals surface area contributed by atoms with Crippen LogP contribution >= 0.6 is 15.9 Å². The summed E-state index contributed by atoms with van der Waals surface area (Å²) in [6.45, 7) is 3.33. The van der Waals surface area contributed by atoms with Gasteiger partial charge in [0.2, 0.25) is 0 Å². The Morgan fingerprint density at radius 3 is 2.89 bits per heavy atom. The highest BCUT2D eigenvalue weighted by molar-refractivity contribution is 9.10. The Morgan fingerprint density at radius 2 is 2.33 bits per heavy atom. The third-order valence-corrected chi connectivity index (χ3v) is 4.26. The van der Waals surface area contributed by atoms with Crippen molar-refractivity contribution in [2.75, 3.05) is 13.1 Å². The number of aliphatic carboxylic acids is 1. The smallest absolute Gasteiger partial charge is 0.310 e. The molecule has 0 saturated carbocycles. The molecular weight excluding hydrogens is 301 g/mol. The van der Waals surface area contributed by atoms with Crippen LogP contribution in [0.3, 0.4) is 0 Å². The monoisotopic (exact) mass is 315 g/mol. The molecule has 1 heterocycles. The van der Waals surface area contributed by atoms with E-state index in [9.17, 15) is 9.18 Å². The number of hydrogen-bond acceptors (Lipinski definition) is 2. The quantitative estimate of drug-likeness (QED) is 0.932. The fourth-order valence-electron chi connectivity index (χ4n) is 2.27. The van der Waals surface area contributed by atoms with Crippen molar-refractivity contribution < 1.29 is 14.3 Å². The van der Waals surface area contributed by atoms with Gasteiger partial charge in [0.1, 0.15) is 5.82 Å². The van der Waals surface area contributed by atoms with Gasteiger partial charge in [-0.05, 0) is 32.0 Å². The largest absolute Gasteiger partial charge is 0.481 e. The fraction of sp³-hybridized carbons (Fsp3) is 0.462. The maximum atomic E-state index is 13.7. The summed E-state index contributed by atoms with van der Waals surface area (Å²) in [7, 11) is 0. The lowest BCUT2D eigenvalue weighted by Crippen LogP contribution is -2.31. The molecule has 5 heteroatoms. The van der Waals surface area contributed by atoms with E-state index in [1.165, 1.54) is 6.07 Å². The molecule has 98 valence electrons. The molecule has 0 radical (unpaired) electrons. The predicted molar refractivity (Wildman–Crippen MR) is 69.7 cm³/mol. The molecule has 0 spiro atoms. The number of carbonyl (C=O) groups is 1. The SMILES string of the molecule is CC1(C(=O)O)CCN(Cc2c(F)cccc2Br)C1. The number of rotatable bonds is 3. The molecule has 1 aromatic carbocycles. The van der Waals surface area contributed by atoms with Gasteiger partial charge >= 0.3 is 5.97 Å². The number of carboxylic acid groups (broad SMARTS) is 1. The van der Waals surface area contributed by atoms with E-state index in [1.807, 2.05) is 4.90 Å². The van der Waals surface area contributed by atoms with Crippen molar-refractivity contribution in [1.82, 2.24) is 4.90 Å². The first-order valence-electron chi connectivity index (χ1n) is 5.81. The maximum absolute atomic E-state index is 13.7. The molecule has 1 N–H and O–H groups in total. The molecule has 0 aromatic heterocycles. The zero-order chi connectivity index (χ0) is 13.3. The van der Waals surface area contributed by atoms with Crippen molar-refractivity contribution in [2.45, 2.75) is 19.9 Å². The van der Waals surface area contributed by atoms with Gasteiger partial charge in [0.05, 0.1) is 5.41 Å². The number of nitrogens with zero attached hydrogens (tertiary/aromatic N) is 1. The number of benzene rings is 1. The number of hydrogen-bond donors (Lipinski definition) is 1. The second-order valence-electron chi connectivity index (χ2n) is 5.03. The van der Waals surface area contributed by atoms with Crippen LogP contribution in [0.15, 0.2) is 22.7 Å². The second kappa shape index (κ2) is 4.97. The summed E-state index contributed by atoms with van der Waals surface area (Å²) in [4.78, 5) is 13.1. The second-order valence-corrected chi connectivity index (χ2v) is 5.88. The molecule has 1 atom stereocenters. The van der Waals surface area contributed by atoms with Crippen LogP contribution in [0.1, 0.15) is 18.9 Å². The zero-order valence-corrected chi connectivity index (χ0v) is 11.7. The first-order chi connectivity index (χ1) is 8.42. The van der Waals surface area contributed by atoms with Gasteiger partial charge in [0.15, 0.2) is 0 Å². The third kappa shape index (κ3) is 2.57. The Kier molecular flexibility index (Phi) is 3.73. The first kappa shape index (κ1) is 13.5. The van der Waals surface area contributed by atoms with Crippen molar-refractivity contribution in [3.63, 3.8) is 0 Å². The highest BCUT2D eigenvalue weighted by Crippen LogP contribution is 2.32. The molecule has 1 fully saturated rings. The highest BCUT2D eigenvalue weighted by Gasteiger charge is 2.40. The Labute approximate surface area is 114 Å². The molecule has 2 rings (SSSR count). The van der Waals surface area contributed by atoms with Gasteiger partial charge in [-0.25, -0.2) is 4.39 Å². The van der Waals surface area contributed by atoms with E-state index in [1.54, 1.807) is 19.1 Å². The lowest BCUT2D eigenvalue weighted by molar-refractivity contribution is -0.147. The molecule has 1 aliphatic rings.